The van der Waals surface area contributed by atoms with Gasteiger partial charge in [-0.15, -0.1) is 0 Å². The Labute approximate surface area is 452 Å². The molecule has 0 bridgehead atoms. The van der Waals surface area contributed by atoms with Crippen LogP contribution in [0.3, 0.4) is 0 Å². The van der Waals surface area contributed by atoms with Gasteiger partial charge in [-0.2, -0.15) is 11.8 Å². The predicted molar refractivity (Wildman–Crippen MR) is 277 cm³/mol. The minimum Gasteiger partial charge on any atom is -0.477 e. The number of fused-ring (bicyclic) bond motifs is 1. The van der Waals surface area contributed by atoms with Gasteiger partial charge in [-0.25, -0.2) is 9.59 Å². The number of carbonyl (C=O) groups is 6. The number of aliphatic hydroxyl groups excluding tert-OH is 4. The number of thioether (sulfide) groups is 1. The number of hydrogen-bond acceptors (Lipinski definition) is 21. The number of carboxylic acid groups (broad SMARTS) is 1. The van der Waals surface area contributed by atoms with Crippen LogP contribution in [-0.2, 0) is 58.8 Å². The molecule has 3 aliphatic rings. The molecular weight excluding hydrogens is 1060 g/mol. The van der Waals surface area contributed by atoms with Gasteiger partial charge in [0.05, 0.1) is 96.2 Å². The molecule has 2 aromatic rings. The van der Waals surface area contributed by atoms with E-state index in [4.69, 9.17) is 40.0 Å². The number of aliphatic carboxylic acids is 1. The third-order valence-corrected chi connectivity index (χ3v) is 14.3. The third kappa shape index (κ3) is 20.2. The molecule has 0 unspecified atom stereocenters. The molecule has 29 heteroatoms. The number of rotatable bonds is 38. The van der Waals surface area contributed by atoms with Crippen molar-refractivity contribution in [2.24, 2.45) is 0 Å². The van der Waals surface area contributed by atoms with Crippen LogP contribution in [0.1, 0.15) is 44.1 Å². The number of urea groups is 1. The molecule has 0 spiro atoms. The quantitative estimate of drug-likeness (QED) is 0.0178. The minimum absolute atomic E-state index is 0.0128. The van der Waals surface area contributed by atoms with Gasteiger partial charge in [-0.1, -0.05) is 30.2 Å². The average molecular weight is 1130 g/mol. The zero-order valence-electron chi connectivity index (χ0n) is 42.4. The Morgan fingerprint density at radius 2 is 1.35 bits per heavy atom. The Bertz CT molecular complexity index is 2300. The molecule has 0 aromatic heterocycles. The molecule has 0 aliphatic carbocycles. The van der Waals surface area contributed by atoms with Crippen molar-refractivity contribution in [3.8, 4) is 0 Å². The Morgan fingerprint density at radius 3 is 2.00 bits per heavy atom. The summed E-state index contributed by atoms with van der Waals surface area (Å²) in [6.45, 7) is -0.208. The monoisotopic (exact) mass is 1130 g/mol. The van der Waals surface area contributed by atoms with Gasteiger partial charge < -0.3 is 96.5 Å². The van der Waals surface area contributed by atoms with Crippen LogP contribution in [-0.4, -0.2) is 219 Å². The van der Waals surface area contributed by atoms with Gasteiger partial charge in [0, 0.05) is 68.0 Å². The summed E-state index contributed by atoms with van der Waals surface area (Å²) in [5.74, 6) is -5.21. The maximum atomic E-state index is 12.5. The smallest absolute Gasteiger partial charge is 0.364 e. The number of unbranched alkanes of at least 4 members (excludes halogenated alkanes) is 1. The Balaban J connectivity index is 0.867. The molecular formula is C48H71ClN8O19S. The van der Waals surface area contributed by atoms with Crippen LogP contribution in [0.2, 0.25) is 5.02 Å². The highest BCUT2D eigenvalue weighted by molar-refractivity contribution is 8.00. The van der Waals surface area contributed by atoms with E-state index in [0.717, 1.165) is 25.0 Å². The molecule has 6 amide bonds. The number of nitrogens with one attached hydrogen (secondary N) is 8. The van der Waals surface area contributed by atoms with Crippen LogP contribution >= 0.6 is 23.4 Å². The molecule has 2 aromatic carbocycles. The van der Waals surface area contributed by atoms with Crippen molar-refractivity contribution in [1.82, 2.24) is 31.9 Å². The number of aliphatic hydroxyl groups is 4. The first-order valence-electron chi connectivity index (χ1n) is 25.4. The lowest BCUT2D eigenvalue weighted by Gasteiger charge is -2.46. The van der Waals surface area contributed by atoms with E-state index in [1.54, 1.807) is 24.3 Å². The van der Waals surface area contributed by atoms with Crippen molar-refractivity contribution in [3.63, 3.8) is 0 Å². The second kappa shape index (κ2) is 32.6. The second-order valence-corrected chi connectivity index (χ2v) is 19.9. The van der Waals surface area contributed by atoms with Gasteiger partial charge in [0.1, 0.15) is 30.2 Å². The second-order valence-electron chi connectivity index (χ2n) is 18.2. The first-order chi connectivity index (χ1) is 37.0. The molecule has 27 nitrogen and oxygen atoms in total. The number of carbonyl (C=O) groups excluding carboxylic acids is 5. The number of benzene rings is 1. The largest absolute Gasteiger partial charge is 0.477 e. The summed E-state index contributed by atoms with van der Waals surface area (Å²) in [6, 6.07) is 5.15. The van der Waals surface area contributed by atoms with Crippen LogP contribution in [0.5, 0.6) is 0 Å². The lowest BCUT2D eigenvalue weighted by atomic mass is 9.88. The number of carboxylic acids is 1. The summed E-state index contributed by atoms with van der Waals surface area (Å²) in [5, 5.41) is 75.1. The molecule has 5 rings (SSSR count). The van der Waals surface area contributed by atoms with E-state index in [0.29, 0.717) is 28.8 Å². The van der Waals surface area contributed by atoms with Gasteiger partial charge in [-0.05, 0) is 30.5 Å². The van der Waals surface area contributed by atoms with E-state index in [1.165, 1.54) is 0 Å². The molecule has 3 saturated heterocycles. The van der Waals surface area contributed by atoms with E-state index in [9.17, 15) is 63.9 Å². The van der Waals surface area contributed by atoms with Gasteiger partial charge in [0.15, 0.2) is 0 Å². The van der Waals surface area contributed by atoms with Gasteiger partial charge >= 0.3 is 12.0 Å². The Kier molecular flexibility index (Phi) is 26.5. The summed E-state index contributed by atoms with van der Waals surface area (Å²) < 4.78 is 33.2. The molecule has 3 fully saturated rings. The Hall–Kier alpha value is -5.24. The van der Waals surface area contributed by atoms with Crippen LogP contribution in [0, 0.1) is 0 Å². The third-order valence-electron chi connectivity index (χ3n) is 12.5. The van der Waals surface area contributed by atoms with Gasteiger partial charge in [-0.3, -0.25) is 28.8 Å². The number of amides is 6. The summed E-state index contributed by atoms with van der Waals surface area (Å²) >= 11 is 7.73. The van der Waals surface area contributed by atoms with Crippen molar-refractivity contribution in [3.05, 3.63) is 55.3 Å². The summed E-state index contributed by atoms with van der Waals surface area (Å²) in [6.07, 6.45) is -5.05. The average Bonchev–Trinajstić information content (AvgIpc) is 3.99. The van der Waals surface area contributed by atoms with E-state index < -0.39 is 91.1 Å². The lowest BCUT2D eigenvalue weighted by molar-refractivity contribution is -0.312. The van der Waals surface area contributed by atoms with Crippen molar-refractivity contribution >= 4 is 70.4 Å². The van der Waals surface area contributed by atoms with E-state index in [2.05, 4.69) is 42.5 Å². The molecule has 0 radical (unpaired) electrons. The van der Waals surface area contributed by atoms with E-state index >= 15 is 0 Å². The molecule has 3 heterocycles. The van der Waals surface area contributed by atoms with Gasteiger partial charge in [0.2, 0.25) is 23.6 Å². The summed E-state index contributed by atoms with van der Waals surface area (Å²) in [7, 11) is 0. The molecule has 0 saturated carbocycles. The molecule has 9 atom stereocenters. The lowest BCUT2D eigenvalue weighted by Crippen LogP contribution is -2.68. The zero-order valence-corrected chi connectivity index (χ0v) is 44.0. The first kappa shape index (κ1) is 62.6. The zero-order chi connectivity index (χ0) is 55.7. The number of anilines is 2. The number of ether oxygens (including phenoxy) is 6. The molecule has 430 valence electrons. The molecule has 3 aliphatic heterocycles. The van der Waals surface area contributed by atoms with Crippen LogP contribution in [0.4, 0.5) is 16.2 Å². The SMILES string of the molecule is O=C(CCCC[C@H]1SC[C@H]2NC(=O)N[C@H]21)NCCOCCC(=O)NCCOCCNc1c(NCCOCCOCCO[C@]2(C(=O)O)C[C@H](O)[C@@H](NC(=O)CO)[C@H]([C@H](O)[C@H](O)CNC(=O)Cc3ccc(Cl)cc3)O2)c(=O)c1=O. The number of hydrogen-bond donors (Lipinski definition) is 13. The van der Waals surface area contributed by atoms with Crippen molar-refractivity contribution in [2.75, 3.05) is 115 Å². The molecule has 77 heavy (non-hydrogen) atoms. The number of halogens is 1. The summed E-state index contributed by atoms with van der Waals surface area (Å²) in [4.78, 5) is 97.3. The highest BCUT2D eigenvalue weighted by Crippen LogP contribution is 2.34. The van der Waals surface area contributed by atoms with Crippen LogP contribution in [0.15, 0.2) is 33.9 Å². The normalized spacial score (nSPS) is 22.5. The first-order valence-corrected chi connectivity index (χ1v) is 26.8. The maximum Gasteiger partial charge on any atom is 0.364 e. The van der Waals surface area contributed by atoms with Crippen molar-refractivity contribution < 1.29 is 82.7 Å². The fraction of sp³-hybridized carbons (Fsp3) is 0.667. The highest BCUT2D eigenvalue weighted by atomic mass is 35.5. The highest BCUT2D eigenvalue weighted by Gasteiger charge is 2.56. The van der Waals surface area contributed by atoms with Crippen molar-refractivity contribution in [2.45, 2.75) is 98.5 Å². The van der Waals surface area contributed by atoms with Gasteiger partial charge in [0.25, 0.3) is 16.6 Å². The Morgan fingerprint density at radius 1 is 0.753 bits per heavy atom. The van der Waals surface area contributed by atoms with E-state index in [-0.39, 0.29) is 127 Å². The standard InChI is InChI=1S/C48H71ClN8O19S/c49-29-7-5-28(6-8-29)23-36(63)54-25-32(60)42(65)45-39(56-37(64)26-58)31(59)24-48(76-45,46(68)69)75-22-21-74-20-19-73-18-13-53-41-40(43(66)44(41)67)52-12-17-72-16-11-51-35(62)9-14-71-15-10-50-34(61)4-2-1-3-33-38-30(27-77-33)55-47(70)57-38/h5-8,30-33,38-39,42,45,52-53,58-60,65H,1-4,9-27H2,(H,50,61)(H,51,62)(H,54,63)(H,56,64)(H,68,69)(H2,55,57,70)/t30-,31+,32-,33-,38-,39-,42-,45-,48-/m1/s1. The maximum absolute atomic E-state index is 12.5. The fourth-order valence-corrected chi connectivity index (χ4v) is 10.2. The minimum atomic E-state index is -2.59. The fourth-order valence-electron chi connectivity index (χ4n) is 8.51. The van der Waals surface area contributed by atoms with Crippen LogP contribution < -0.4 is 53.4 Å². The van der Waals surface area contributed by atoms with Crippen molar-refractivity contribution in [1.29, 1.82) is 0 Å². The summed E-state index contributed by atoms with van der Waals surface area (Å²) in [5.41, 5.74) is -0.577. The molecule has 13 N–H and O–H groups in total. The topological polar surface area (TPSA) is 389 Å². The van der Waals surface area contributed by atoms with E-state index in [1.807, 2.05) is 11.8 Å². The predicted octanol–water partition coefficient (Wildman–Crippen LogP) is -3.32. The van der Waals surface area contributed by atoms with Crippen LogP contribution in [0.25, 0.3) is 0 Å².